The molecule has 0 aliphatic carbocycles. The van der Waals surface area contributed by atoms with E-state index >= 15 is 0 Å². The molecule has 1 N–H and O–H groups in total. The van der Waals surface area contributed by atoms with Crippen molar-refractivity contribution in [3.8, 4) is 0 Å². The Hall–Kier alpha value is -2.70. The predicted octanol–water partition coefficient (Wildman–Crippen LogP) is 1.67. The summed E-state index contributed by atoms with van der Waals surface area (Å²) in [5.41, 5.74) is 1.51. The number of aromatic carboxylic acids is 1. The molecule has 7 nitrogen and oxygen atoms in total. The standard InChI is InChI=1S/C13H12N4O3/c1-8-15-12-9(13(18)19)3-2-4-10(12)17(8)6-5-11-14-7-20-16-11/h2-4,7H,5-6H2,1H3,(H,18,19). The number of benzene rings is 1. The Morgan fingerprint density at radius 2 is 2.30 bits per heavy atom. The molecular weight excluding hydrogens is 260 g/mol. The lowest BCUT2D eigenvalue weighted by Crippen LogP contribution is -2.04. The third-order valence-electron chi connectivity index (χ3n) is 3.17. The summed E-state index contributed by atoms with van der Waals surface area (Å²) >= 11 is 0. The number of aromatic nitrogens is 4. The number of nitrogens with zero attached hydrogens (tertiary/aromatic N) is 4. The second kappa shape index (κ2) is 4.76. The van der Waals surface area contributed by atoms with Crippen molar-refractivity contribution in [3.63, 3.8) is 0 Å². The van der Waals surface area contributed by atoms with E-state index in [4.69, 9.17) is 0 Å². The highest BCUT2D eigenvalue weighted by atomic mass is 16.5. The van der Waals surface area contributed by atoms with E-state index in [1.807, 2.05) is 17.6 Å². The van der Waals surface area contributed by atoms with Crippen LogP contribution in [0.2, 0.25) is 0 Å². The third kappa shape index (κ3) is 2.03. The lowest BCUT2D eigenvalue weighted by atomic mass is 10.2. The van der Waals surface area contributed by atoms with Gasteiger partial charge in [-0.1, -0.05) is 11.2 Å². The molecule has 0 radical (unpaired) electrons. The van der Waals surface area contributed by atoms with Crippen LogP contribution in [-0.2, 0) is 13.0 Å². The summed E-state index contributed by atoms with van der Waals surface area (Å²) in [4.78, 5) is 19.5. The molecule has 1 aromatic carbocycles. The summed E-state index contributed by atoms with van der Waals surface area (Å²) in [6.07, 6.45) is 1.89. The third-order valence-corrected chi connectivity index (χ3v) is 3.17. The Bertz CT molecular complexity index is 761. The van der Waals surface area contributed by atoms with E-state index in [2.05, 4.69) is 19.6 Å². The Morgan fingerprint density at radius 3 is 3.00 bits per heavy atom. The van der Waals surface area contributed by atoms with Gasteiger partial charge in [-0.3, -0.25) is 0 Å². The summed E-state index contributed by atoms with van der Waals surface area (Å²) in [7, 11) is 0. The van der Waals surface area contributed by atoms with Crippen LogP contribution in [0.4, 0.5) is 0 Å². The molecular formula is C13H12N4O3. The van der Waals surface area contributed by atoms with Gasteiger partial charge in [0.05, 0.1) is 11.1 Å². The number of carboxylic acids is 1. The van der Waals surface area contributed by atoms with E-state index in [-0.39, 0.29) is 5.56 Å². The van der Waals surface area contributed by atoms with Crippen LogP contribution in [0.5, 0.6) is 0 Å². The summed E-state index contributed by atoms with van der Waals surface area (Å²) in [6.45, 7) is 2.47. The van der Waals surface area contributed by atoms with Gasteiger partial charge < -0.3 is 14.2 Å². The maximum Gasteiger partial charge on any atom is 0.337 e. The van der Waals surface area contributed by atoms with Crippen molar-refractivity contribution in [2.75, 3.05) is 0 Å². The van der Waals surface area contributed by atoms with Crippen LogP contribution in [0.15, 0.2) is 29.1 Å². The molecule has 0 saturated heterocycles. The van der Waals surface area contributed by atoms with Gasteiger partial charge in [0.25, 0.3) is 0 Å². The van der Waals surface area contributed by atoms with Gasteiger partial charge in [-0.25, -0.2) is 9.78 Å². The van der Waals surface area contributed by atoms with Crippen LogP contribution in [-0.4, -0.2) is 30.8 Å². The minimum Gasteiger partial charge on any atom is -0.478 e. The molecule has 0 spiro atoms. The number of carboxylic acid groups (broad SMARTS) is 1. The lowest BCUT2D eigenvalue weighted by molar-refractivity contribution is 0.0699. The zero-order chi connectivity index (χ0) is 14.1. The minimum atomic E-state index is -0.974. The molecule has 0 aliphatic heterocycles. The highest BCUT2D eigenvalue weighted by Gasteiger charge is 2.15. The molecule has 3 aromatic rings. The number of hydrogen-bond donors (Lipinski definition) is 1. The fourth-order valence-electron chi connectivity index (χ4n) is 2.23. The molecule has 3 rings (SSSR count). The molecule has 0 amide bonds. The number of fused-ring (bicyclic) bond motifs is 1. The molecule has 2 heterocycles. The van der Waals surface area contributed by atoms with Crippen molar-refractivity contribution in [2.45, 2.75) is 19.9 Å². The monoisotopic (exact) mass is 272 g/mol. The molecule has 20 heavy (non-hydrogen) atoms. The summed E-state index contributed by atoms with van der Waals surface area (Å²) in [5, 5.41) is 12.9. The zero-order valence-corrected chi connectivity index (χ0v) is 10.8. The number of imidazole rings is 1. The smallest absolute Gasteiger partial charge is 0.337 e. The molecule has 0 fully saturated rings. The van der Waals surface area contributed by atoms with E-state index in [0.29, 0.717) is 24.3 Å². The van der Waals surface area contributed by atoms with Gasteiger partial charge in [-0.05, 0) is 19.1 Å². The molecule has 7 heteroatoms. The average molecular weight is 272 g/mol. The van der Waals surface area contributed by atoms with E-state index in [9.17, 15) is 9.90 Å². The highest BCUT2D eigenvalue weighted by Crippen LogP contribution is 2.20. The van der Waals surface area contributed by atoms with Crippen LogP contribution in [0.25, 0.3) is 11.0 Å². The second-order valence-corrected chi connectivity index (χ2v) is 4.39. The van der Waals surface area contributed by atoms with Crippen molar-refractivity contribution in [3.05, 3.63) is 41.8 Å². The van der Waals surface area contributed by atoms with Gasteiger partial charge in [0.15, 0.2) is 5.82 Å². The van der Waals surface area contributed by atoms with Crippen LogP contribution in [0, 0.1) is 6.92 Å². The van der Waals surface area contributed by atoms with Crippen LogP contribution < -0.4 is 0 Å². The summed E-state index contributed by atoms with van der Waals surface area (Å²) in [6, 6.07) is 5.14. The first-order valence-corrected chi connectivity index (χ1v) is 6.11. The fourth-order valence-corrected chi connectivity index (χ4v) is 2.23. The number of aryl methyl sites for hydroxylation is 3. The number of carbonyl (C=O) groups is 1. The number of para-hydroxylation sites is 1. The van der Waals surface area contributed by atoms with Crippen molar-refractivity contribution >= 4 is 17.0 Å². The van der Waals surface area contributed by atoms with E-state index in [1.165, 1.54) is 6.39 Å². The van der Waals surface area contributed by atoms with E-state index in [0.717, 1.165) is 11.3 Å². The average Bonchev–Trinajstić information content (AvgIpc) is 3.02. The predicted molar refractivity (Wildman–Crippen MR) is 69.4 cm³/mol. The van der Waals surface area contributed by atoms with Gasteiger partial charge in [0.2, 0.25) is 6.39 Å². The lowest BCUT2D eigenvalue weighted by Gasteiger charge is -2.04. The van der Waals surface area contributed by atoms with Gasteiger partial charge in [0.1, 0.15) is 11.3 Å². The van der Waals surface area contributed by atoms with Crippen molar-refractivity contribution < 1.29 is 14.4 Å². The second-order valence-electron chi connectivity index (χ2n) is 4.39. The molecule has 0 unspecified atom stereocenters. The summed E-state index contributed by atoms with van der Waals surface area (Å²) < 4.78 is 6.65. The molecule has 0 saturated carbocycles. The van der Waals surface area contributed by atoms with Crippen molar-refractivity contribution in [1.29, 1.82) is 0 Å². The van der Waals surface area contributed by atoms with Crippen molar-refractivity contribution in [1.82, 2.24) is 19.7 Å². The Morgan fingerprint density at radius 1 is 1.45 bits per heavy atom. The van der Waals surface area contributed by atoms with Crippen molar-refractivity contribution in [2.24, 2.45) is 0 Å². The van der Waals surface area contributed by atoms with E-state index < -0.39 is 5.97 Å². The minimum absolute atomic E-state index is 0.212. The SMILES string of the molecule is Cc1nc2c(C(=O)O)cccc2n1CCc1ncon1. The van der Waals surface area contributed by atoms with Crippen LogP contribution in [0.1, 0.15) is 22.0 Å². The van der Waals surface area contributed by atoms with E-state index in [1.54, 1.807) is 12.1 Å². The fraction of sp³-hybridized carbons (Fsp3) is 0.231. The quantitative estimate of drug-likeness (QED) is 0.776. The largest absolute Gasteiger partial charge is 0.478 e. The van der Waals surface area contributed by atoms with Crippen LogP contribution >= 0.6 is 0 Å². The number of hydrogen-bond acceptors (Lipinski definition) is 5. The first-order chi connectivity index (χ1) is 9.66. The first kappa shape index (κ1) is 12.3. The van der Waals surface area contributed by atoms with Gasteiger partial charge in [-0.2, -0.15) is 4.98 Å². The maximum atomic E-state index is 11.2. The molecule has 0 aliphatic rings. The molecule has 102 valence electrons. The molecule has 2 aromatic heterocycles. The first-order valence-electron chi connectivity index (χ1n) is 6.11. The molecule has 0 bridgehead atoms. The Labute approximate surface area is 113 Å². The topological polar surface area (TPSA) is 94.0 Å². The highest BCUT2D eigenvalue weighted by molar-refractivity contribution is 6.01. The summed E-state index contributed by atoms with van der Waals surface area (Å²) in [5.74, 6) is 0.399. The van der Waals surface area contributed by atoms with Crippen LogP contribution in [0.3, 0.4) is 0 Å². The number of rotatable bonds is 4. The molecule has 0 atom stereocenters. The maximum absolute atomic E-state index is 11.2. The Balaban J connectivity index is 2.00. The van der Waals surface area contributed by atoms with Gasteiger partial charge in [0, 0.05) is 13.0 Å². The Kier molecular flexibility index (Phi) is 2.94. The zero-order valence-electron chi connectivity index (χ0n) is 10.8. The van der Waals surface area contributed by atoms with Gasteiger partial charge in [-0.15, -0.1) is 0 Å². The van der Waals surface area contributed by atoms with Gasteiger partial charge >= 0.3 is 5.97 Å². The normalized spacial score (nSPS) is 11.1.